The summed E-state index contributed by atoms with van der Waals surface area (Å²) in [6.07, 6.45) is 0. The maximum absolute atomic E-state index is 12.5. The molecule has 21 heavy (non-hydrogen) atoms. The number of benzene rings is 2. The summed E-state index contributed by atoms with van der Waals surface area (Å²) in [7, 11) is 0. The summed E-state index contributed by atoms with van der Waals surface area (Å²) in [5, 5.41) is 2.89. The average Bonchev–Trinajstić information content (AvgIpc) is 2.48. The minimum atomic E-state index is -0.223. The maximum Gasteiger partial charge on any atom is 0.259 e. The lowest BCUT2D eigenvalue weighted by molar-refractivity contribution is 0.102. The zero-order chi connectivity index (χ0) is 15.4. The van der Waals surface area contributed by atoms with E-state index in [1.54, 1.807) is 18.2 Å². The molecule has 0 bridgehead atoms. The lowest BCUT2D eigenvalue weighted by Crippen LogP contribution is -2.16. The largest absolute Gasteiger partial charge is 0.493 e. The summed E-state index contributed by atoms with van der Waals surface area (Å²) >= 11 is 0. The van der Waals surface area contributed by atoms with Crippen molar-refractivity contribution in [2.45, 2.75) is 20.8 Å². The summed E-state index contributed by atoms with van der Waals surface area (Å²) in [6, 6.07) is 10.9. The van der Waals surface area contributed by atoms with Crippen molar-refractivity contribution in [1.29, 1.82) is 0 Å². The molecule has 0 unspecified atom stereocenters. The van der Waals surface area contributed by atoms with Crippen LogP contribution in [-0.4, -0.2) is 12.5 Å². The van der Waals surface area contributed by atoms with Crippen LogP contribution in [0.25, 0.3) is 0 Å². The van der Waals surface area contributed by atoms with Gasteiger partial charge in [0.15, 0.2) is 0 Å². The minimum absolute atomic E-state index is 0.223. The molecule has 2 aromatic rings. The van der Waals surface area contributed by atoms with Crippen molar-refractivity contribution in [1.82, 2.24) is 0 Å². The highest BCUT2D eigenvalue weighted by molar-refractivity contribution is 6.08. The molecule has 0 saturated heterocycles. The predicted molar refractivity (Wildman–Crippen MR) is 85.9 cm³/mol. The molecule has 0 saturated carbocycles. The molecule has 110 valence electrons. The summed E-state index contributed by atoms with van der Waals surface area (Å²) in [5.74, 6) is 0.348. The van der Waals surface area contributed by atoms with Gasteiger partial charge in [-0.3, -0.25) is 4.79 Å². The topological polar surface area (TPSA) is 64.3 Å². The van der Waals surface area contributed by atoms with Crippen molar-refractivity contribution >= 4 is 17.3 Å². The molecule has 0 aliphatic heterocycles. The first-order valence-corrected chi connectivity index (χ1v) is 6.93. The first-order valence-electron chi connectivity index (χ1n) is 6.93. The van der Waals surface area contributed by atoms with E-state index >= 15 is 0 Å². The monoisotopic (exact) mass is 284 g/mol. The molecule has 0 fully saturated rings. The van der Waals surface area contributed by atoms with Crippen molar-refractivity contribution in [2.75, 3.05) is 17.7 Å². The van der Waals surface area contributed by atoms with Crippen LogP contribution in [0.4, 0.5) is 11.4 Å². The standard InChI is InChI=1S/C17H20N2O2/c1-4-21-15-8-6-5-7-13(15)17(20)19-16-12(3)11(2)9-10-14(16)18/h5-10H,4,18H2,1-3H3,(H,19,20). The summed E-state index contributed by atoms with van der Waals surface area (Å²) < 4.78 is 5.49. The molecular weight excluding hydrogens is 264 g/mol. The molecule has 0 atom stereocenters. The van der Waals surface area contributed by atoms with Crippen LogP contribution in [0.3, 0.4) is 0 Å². The molecule has 0 spiro atoms. The predicted octanol–water partition coefficient (Wildman–Crippen LogP) is 3.54. The van der Waals surface area contributed by atoms with E-state index in [1.165, 1.54) is 0 Å². The molecule has 0 aromatic heterocycles. The fraction of sp³-hybridized carbons (Fsp3) is 0.235. The molecule has 0 aliphatic rings. The number of hydrogen-bond donors (Lipinski definition) is 2. The molecule has 1 amide bonds. The number of ether oxygens (including phenoxy) is 1. The van der Waals surface area contributed by atoms with Crippen LogP contribution < -0.4 is 15.8 Å². The number of carbonyl (C=O) groups is 1. The van der Waals surface area contributed by atoms with E-state index in [-0.39, 0.29) is 5.91 Å². The highest BCUT2D eigenvalue weighted by Crippen LogP contribution is 2.27. The fourth-order valence-corrected chi connectivity index (χ4v) is 2.12. The second kappa shape index (κ2) is 6.31. The third-order valence-electron chi connectivity index (χ3n) is 3.44. The number of nitrogens with one attached hydrogen (secondary N) is 1. The van der Waals surface area contributed by atoms with Crippen LogP contribution in [0.15, 0.2) is 36.4 Å². The second-order valence-electron chi connectivity index (χ2n) is 4.85. The van der Waals surface area contributed by atoms with E-state index in [0.29, 0.717) is 29.3 Å². The first-order chi connectivity index (χ1) is 10.0. The lowest BCUT2D eigenvalue weighted by atomic mass is 10.1. The SMILES string of the molecule is CCOc1ccccc1C(=O)Nc1c(N)ccc(C)c1C. The Balaban J connectivity index is 2.33. The third-order valence-corrected chi connectivity index (χ3v) is 3.44. The van der Waals surface area contributed by atoms with Crippen LogP contribution in [0.1, 0.15) is 28.4 Å². The minimum Gasteiger partial charge on any atom is -0.493 e. The third kappa shape index (κ3) is 3.16. The highest BCUT2D eigenvalue weighted by Gasteiger charge is 2.15. The Bertz CT molecular complexity index is 666. The van der Waals surface area contributed by atoms with Crippen molar-refractivity contribution < 1.29 is 9.53 Å². The molecule has 4 heteroatoms. The Labute approximate surface area is 124 Å². The number of carbonyl (C=O) groups excluding carboxylic acids is 1. The number of amides is 1. The van der Waals surface area contributed by atoms with Gasteiger partial charge in [-0.15, -0.1) is 0 Å². The zero-order valence-corrected chi connectivity index (χ0v) is 12.6. The molecule has 2 aromatic carbocycles. The molecular formula is C17H20N2O2. The zero-order valence-electron chi connectivity index (χ0n) is 12.6. The normalized spacial score (nSPS) is 10.2. The van der Waals surface area contributed by atoms with Gasteiger partial charge in [-0.05, 0) is 50.1 Å². The molecule has 2 rings (SSSR count). The summed E-state index contributed by atoms with van der Waals surface area (Å²) in [4.78, 5) is 12.5. The van der Waals surface area contributed by atoms with E-state index in [0.717, 1.165) is 11.1 Å². The Hall–Kier alpha value is -2.49. The van der Waals surface area contributed by atoms with Crippen LogP contribution >= 0.6 is 0 Å². The van der Waals surface area contributed by atoms with E-state index < -0.39 is 0 Å². The number of hydrogen-bond acceptors (Lipinski definition) is 3. The summed E-state index contributed by atoms with van der Waals surface area (Å²) in [6.45, 7) is 6.32. The van der Waals surface area contributed by atoms with Crippen LogP contribution in [-0.2, 0) is 0 Å². The van der Waals surface area contributed by atoms with Crippen molar-refractivity contribution in [3.05, 3.63) is 53.1 Å². The van der Waals surface area contributed by atoms with Crippen LogP contribution in [0.2, 0.25) is 0 Å². The summed E-state index contributed by atoms with van der Waals surface area (Å²) in [5.41, 5.74) is 9.73. The Morgan fingerprint density at radius 3 is 2.62 bits per heavy atom. The number of aryl methyl sites for hydroxylation is 1. The van der Waals surface area contributed by atoms with Gasteiger partial charge in [0, 0.05) is 0 Å². The quantitative estimate of drug-likeness (QED) is 0.844. The smallest absolute Gasteiger partial charge is 0.259 e. The van der Waals surface area contributed by atoms with Crippen molar-refractivity contribution in [3.8, 4) is 5.75 Å². The number of nitrogen functional groups attached to an aromatic ring is 1. The van der Waals surface area contributed by atoms with Crippen molar-refractivity contribution in [3.63, 3.8) is 0 Å². The molecule has 3 N–H and O–H groups in total. The van der Waals surface area contributed by atoms with E-state index in [4.69, 9.17) is 10.5 Å². The molecule has 0 heterocycles. The van der Waals surface area contributed by atoms with Gasteiger partial charge in [-0.1, -0.05) is 18.2 Å². The van der Waals surface area contributed by atoms with Gasteiger partial charge in [0.05, 0.1) is 23.5 Å². The van der Waals surface area contributed by atoms with E-state index in [1.807, 2.05) is 39.0 Å². The van der Waals surface area contributed by atoms with Crippen molar-refractivity contribution in [2.24, 2.45) is 0 Å². The van der Waals surface area contributed by atoms with Gasteiger partial charge in [-0.25, -0.2) is 0 Å². The van der Waals surface area contributed by atoms with Gasteiger partial charge in [0.2, 0.25) is 0 Å². The number of rotatable bonds is 4. The van der Waals surface area contributed by atoms with Gasteiger partial charge >= 0.3 is 0 Å². The van der Waals surface area contributed by atoms with E-state index in [9.17, 15) is 4.79 Å². The highest BCUT2D eigenvalue weighted by atomic mass is 16.5. The Morgan fingerprint density at radius 2 is 1.90 bits per heavy atom. The van der Waals surface area contributed by atoms with E-state index in [2.05, 4.69) is 5.32 Å². The Morgan fingerprint density at radius 1 is 1.19 bits per heavy atom. The van der Waals surface area contributed by atoms with Gasteiger partial charge < -0.3 is 15.8 Å². The van der Waals surface area contributed by atoms with Gasteiger partial charge in [-0.2, -0.15) is 0 Å². The molecule has 4 nitrogen and oxygen atoms in total. The molecule has 0 radical (unpaired) electrons. The van der Waals surface area contributed by atoms with Gasteiger partial charge in [0.25, 0.3) is 5.91 Å². The fourth-order valence-electron chi connectivity index (χ4n) is 2.12. The second-order valence-corrected chi connectivity index (χ2v) is 4.85. The first kappa shape index (κ1) is 14.9. The lowest BCUT2D eigenvalue weighted by Gasteiger charge is -2.15. The number of nitrogens with two attached hydrogens (primary N) is 1. The average molecular weight is 284 g/mol. The molecule has 0 aliphatic carbocycles. The number of para-hydroxylation sites is 1. The van der Waals surface area contributed by atoms with Crippen LogP contribution in [0.5, 0.6) is 5.75 Å². The number of anilines is 2. The maximum atomic E-state index is 12.5. The van der Waals surface area contributed by atoms with Crippen LogP contribution in [0, 0.1) is 13.8 Å². The van der Waals surface area contributed by atoms with Gasteiger partial charge in [0.1, 0.15) is 5.75 Å². The Kier molecular flexibility index (Phi) is 4.48.